The van der Waals surface area contributed by atoms with Crippen molar-refractivity contribution in [2.45, 2.75) is 38.5 Å². The van der Waals surface area contributed by atoms with Crippen molar-refractivity contribution in [1.29, 1.82) is 0 Å². The van der Waals surface area contributed by atoms with Crippen LogP contribution < -0.4 is 16.2 Å². The number of benzene rings is 1. The molecule has 8 nitrogen and oxygen atoms in total. The Balaban J connectivity index is 1.65. The van der Waals surface area contributed by atoms with Crippen molar-refractivity contribution >= 4 is 17.7 Å². The van der Waals surface area contributed by atoms with Crippen LogP contribution in [0.5, 0.6) is 0 Å². The molecule has 1 aliphatic rings. The molecule has 0 aliphatic heterocycles. The molecule has 1 aliphatic carbocycles. The molecule has 0 fully saturated rings. The van der Waals surface area contributed by atoms with Gasteiger partial charge in [-0.15, -0.1) is 0 Å². The number of nitrogens with one attached hydrogen (secondary N) is 3. The molecule has 0 atom stereocenters. The molecule has 0 spiro atoms. The van der Waals surface area contributed by atoms with Crippen LogP contribution in [0.4, 0.5) is 10.5 Å². The third-order valence-electron chi connectivity index (χ3n) is 4.64. The number of hydrogen-bond donors (Lipinski definition) is 4. The second-order valence-corrected chi connectivity index (χ2v) is 6.57. The van der Waals surface area contributed by atoms with E-state index in [9.17, 15) is 14.4 Å². The van der Waals surface area contributed by atoms with E-state index in [4.69, 9.17) is 5.11 Å². The van der Waals surface area contributed by atoms with Crippen LogP contribution in [0.3, 0.4) is 0 Å². The van der Waals surface area contributed by atoms with E-state index in [0.717, 1.165) is 54.5 Å². The molecule has 0 saturated heterocycles. The Hall–Kier alpha value is -3.16. The van der Waals surface area contributed by atoms with Gasteiger partial charge in [-0.1, -0.05) is 12.1 Å². The van der Waals surface area contributed by atoms with Crippen LogP contribution in [0.1, 0.15) is 35.2 Å². The van der Waals surface area contributed by atoms with Crippen LogP contribution in [0.2, 0.25) is 0 Å². The lowest BCUT2D eigenvalue weighted by Gasteiger charge is -2.17. The minimum Gasteiger partial charge on any atom is -0.465 e. The minimum atomic E-state index is -1.24. The zero-order chi connectivity index (χ0) is 19.2. The van der Waals surface area contributed by atoms with Gasteiger partial charge < -0.3 is 15.7 Å². The highest BCUT2D eigenvalue weighted by atomic mass is 16.4. The Bertz CT molecular complexity index is 907. The lowest BCUT2D eigenvalue weighted by Crippen LogP contribution is -2.31. The van der Waals surface area contributed by atoms with Crippen molar-refractivity contribution in [3.63, 3.8) is 0 Å². The van der Waals surface area contributed by atoms with Crippen molar-refractivity contribution in [2.75, 3.05) is 11.9 Å². The van der Waals surface area contributed by atoms with E-state index in [1.807, 2.05) is 23.5 Å². The fourth-order valence-electron chi connectivity index (χ4n) is 3.36. The van der Waals surface area contributed by atoms with Gasteiger partial charge in [-0.05, 0) is 61.8 Å². The molecule has 0 unspecified atom stereocenters. The highest BCUT2D eigenvalue weighted by Gasteiger charge is 2.17. The van der Waals surface area contributed by atoms with E-state index in [1.54, 1.807) is 6.07 Å². The van der Waals surface area contributed by atoms with Gasteiger partial charge in [0.2, 0.25) is 5.91 Å². The zero-order valence-corrected chi connectivity index (χ0v) is 14.9. The SMILES string of the molecule is O=C(O)NCC(=O)Nc1cccc(CCc2n[nH]c(=O)c3c2CCCC3)c1. The maximum absolute atomic E-state index is 11.9. The molecule has 0 radical (unpaired) electrons. The first-order valence-corrected chi connectivity index (χ1v) is 8.98. The van der Waals surface area contributed by atoms with Crippen molar-refractivity contribution in [3.8, 4) is 0 Å². The van der Waals surface area contributed by atoms with Gasteiger partial charge in [-0.25, -0.2) is 9.89 Å². The van der Waals surface area contributed by atoms with Gasteiger partial charge in [-0.2, -0.15) is 5.10 Å². The molecule has 3 rings (SSSR count). The summed E-state index contributed by atoms with van der Waals surface area (Å²) in [6.07, 6.45) is 4.02. The van der Waals surface area contributed by atoms with Crippen LogP contribution in [0, 0.1) is 0 Å². The first-order chi connectivity index (χ1) is 13.0. The average Bonchev–Trinajstić information content (AvgIpc) is 2.66. The molecule has 1 aromatic carbocycles. The van der Waals surface area contributed by atoms with E-state index >= 15 is 0 Å². The molecule has 2 amide bonds. The van der Waals surface area contributed by atoms with Gasteiger partial charge in [0.05, 0.1) is 5.69 Å². The van der Waals surface area contributed by atoms with Gasteiger partial charge in [0.15, 0.2) is 0 Å². The summed E-state index contributed by atoms with van der Waals surface area (Å²) < 4.78 is 0. The summed E-state index contributed by atoms with van der Waals surface area (Å²) in [5.74, 6) is -0.425. The van der Waals surface area contributed by atoms with E-state index in [2.05, 4.69) is 15.5 Å². The van der Waals surface area contributed by atoms with E-state index in [-0.39, 0.29) is 12.1 Å². The summed E-state index contributed by atoms with van der Waals surface area (Å²) in [4.78, 5) is 34.1. The summed E-state index contributed by atoms with van der Waals surface area (Å²) in [5.41, 5.74) is 4.46. The Morgan fingerprint density at radius 2 is 1.93 bits per heavy atom. The molecule has 2 aromatic rings. The summed E-state index contributed by atoms with van der Waals surface area (Å²) in [6, 6.07) is 7.41. The fraction of sp³-hybridized carbons (Fsp3) is 0.368. The van der Waals surface area contributed by atoms with E-state index < -0.39 is 12.0 Å². The second-order valence-electron chi connectivity index (χ2n) is 6.57. The predicted molar refractivity (Wildman–Crippen MR) is 100 cm³/mol. The third-order valence-corrected chi connectivity index (χ3v) is 4.64. The first-order valence-electron chi connectivity index (χ1n) is 8.98. The largest absolute Gasteiger partial charge is 0.465 e. The summed E-state index contributed by atoms with van der Waals surface area (Å²) in [6.45, 7) is -0.299. The van der Waals surface area contributed by atoms with Crippen LogP contribution >= 0.6 is 0 Å². The summed E-state index contributed by atoms with van der Waals surface area (Å²) >= 11 is 0. The number of nitrogens with zero attached hydrogens (tertiary/aromatic N) is 1. The van der Waals surface area contributed by atoms with Crippen LogP contribution in [-0.4, -0.2) is 33.8 Å². The fourth-order valence-corrected chi connectivity index (χ4v) is 3.36. The number of carbonyl (C=O) groups is 2. The number of amides is 2. The number of aryl methyl sites for hydroxylation is 2. The topological polar surface area (TPSA) is 124 Å². The summed E-state index contributed by atoms with van der Waals surface area (Å²) in [5, 5.41) is 20.1. The monoisotopic (exact) mass is 370 g/mol. The molecule has 27 heavy (non-hydrogen) atoms. The molecule has 1 heterocycles. The second kappa shape index (κ2) is 8.48. The Morgan fingerprint density at radius 3 is 2.70 bits per heavy atom. The number of hydrogen-bond acceptors (Lipinski definition) is 4. The molecule has 142 valence electrons. The highest BCUT2D eigenvalue weighted by molar-refractivity contribution is 5.93. The number of H-pyrrole nitrogens is 1. The zero-order valence-electron chi connectivity index (χ0n) is 14.9. The third kappa shape index (κ3) is 4.93. The van der Waals surface area contributed by atoms with Gasteiger partial charge in [-0.3, -0.25) is 9.59 Å². The van der Waals surface area contributed by atoms with Gasteiger partial charge >= 0.3 is 6.09 Å². The molecule has 1 aromatic heterocycles. The molecular formula is C19H22N4O4. The van der Waals surface area contributed by atoms with E-state index in [1.165, 1.54) is 0 Å². The number of fused-ring (bicyclic) bond motifs is 1. The number of aromatic amines is 1. The molecular weight excluding hydrogens is 348 g/mol. The molecule has 0 bridgehead atoms. The molecule has 0 saturated carbocycles. The maximum Gasteiger partial charge on any atom is 0.405 e. The number of anilines is 1. The van der Waals surface area contributed by atoms with Gasteiger partial charge in [0, 0.05) is 11.3 Å². The maximum atomic E-state index is 11.9. The Labute approximate surface area is 156 Å². The Morgan fingerprint density at radius 1 is 1.15 bits per heavy atom. The predicted octanol–water partition coefficient (Wildman–Crippen LogP) is 1.64. The average molecular weight is 370 g/mol. The number of aromatic nitrogens is 2. The van der Waals surface area contributed by atoms with Gasteiger partial charge in [0.1, 0.15) is 6.54 Å². The lowest BCUT2D eigenvalue weighted by molar-refractivity contribution is -0.115. The van der Waals surface area contributed by atoms with Crippen LogP contribution in [0.25, 0.3) is 0 Å². The Kier molecular flexibility index (Phi) is 5.85. The number of carbonyl (C=O) groups excluding carboxylic acids is 1. The molecule has 4 N–H and O–H groups in total. The molecule has 8 heteroatoms. The highest BCUT2D eigenvalue weighted by Crippen LogP contribution is 2.21. The lowest BCUT2D eigenvalue weighted by atomic mass is 9.90. The van der Waals surface area contributed by atoms with E-state index in [0.29, 0.717) is 12.1 Å². The standard InChI is InChI=1S/C19H22N4O4/c24-17(11-20-19(26)27)21-13-5-3-4-12(10-13)8-9-16-14-6-1-2-7-15(14)18(25)23-22-16/h3-5,10,20H,1-2,6-9,11H2,(H,21,24)(H,23,25)(H,26,27). The van der Waals surface area contributed by atoms with Crippen LogP contribution in [0.15, 0.2) is 29.1 Å². The van der Waals surface area contributed by atoms with Gasteiger partial charge in [0.25, 0.3) is 5.56 Å². The number of rotatable bonds is 6. The van der Waals surface area contributed by atoms with Crippen LogP contribution in [-0.2, 0) is 30.5 Å². The first kappa shape index (κ1) is 18.6. The normalized spacial score (nSPS) is 12.9. The summed E-state index contributed by atoms with van der Waals surface area (Å²) in [7, 11) is 0. The van der Waals surface area contributed by atoms with Crippen molar-refractivity contribution in [2.24, 2.45) is 0 Å². The smallest absolute Gasteiger partial charge is 0.405 e. The minimum absolute atomic E-state index is 0.0758. The van der Waals surface area contributed by atoms with Crippen molar-refractivity contribution in [1.82, 2.24) is 15.5 Å². The van der Waals surface area contributed by atoms with Crippen molar-refractivity contribution in [3.05, 3.63) is 57.0 Å². The quantitative estimate of drug-likeness (QED) is 0.615. The van der Waals surface area contributed by atoms with Crippen molar-refractivity contribution < 1.29 is 14.7 Å². The number of carboxylic acid groups (broad SMARTS) is 1.